The maximum atomic E-state index is 12.5. The standard InChI is InChI=1S/C19H24N4O4S/c1-12(11-26-2)23-10-14(9-17(23)24)18(25)20-19-22-21-16(28-19)8-13-4-6-15(27-3)7-5-13/h4-7,12,14H,8-11H2,1-3H3,(H,20,22,25)/t12-,14+/m0/s1. The van der Waals surface area contributed by atoms with E-state index in [1.54, 1.807) is 19.1 Å². The summed E-state index contributed by atoms with van der Waals surface area (Å²) in [6.45, 7) is 2.76. The molecular formula is C19H24N4O4S. The highest BCUT2D eigenvalue weighted by atomic mass is 32.1. The molecule has 1 aromatic carbocycles. The minimum atomic E-state index is -0.388. The average Bonchev–Trinajstić information content (AvgIpc) is 3.29. The first-order valence-corrected chi connectivity index (χ1v) is 9.86. The third-order valence-corrected chi connectivity index (χ3v) is 5.52. The summed E-state index contributed by atoms with van der Waals surface area (Å²) in [5, 5.41) is 12.2. The number of carbonyl (C=O) groups excluding carboxylic acids is 2. The highest BCUT2D eigenvalue weighted by Gasteiger charge is 2.36. The van der Waals surface area contributed by atoms with Crippen LogP contribution in [0.4, 0.5) is 5.13 Å². The lowest BCUT2D eigenvalue weighted by molar-refractivity contribution is -0.130. The van der Waals surface area contributed by atoms with Gasteiger partial charge in [-0.1, -0.05) is 23.5 Å². The van der Waals surface area contributed by atoms with Crippen LogP contribution in [0.5, 0.6) is 5.75 Å². The number of anilines is 1. The van der Waals surface area contributed by atoms with Gasteiger partial charge >= 0.3 is 0 Å². The molecule has 1 fully saturated rings. The van der Waals surface area contributed by atoms with Crippen LogP contribution in [0.2, 0.25) is 0 Å². The van der Waals surface area contributed by atoms with Gasteiger partial charge in [0.2, 0.25) is 16.9 Å². The lowest BCUT2D eigenvalue weighted by Crippen LogP contribution is -2.38. The van der Waals surface area contributed by atoms with Gasteiger partial charge in [-0.05, 0) is 24.6 Å². The molecule has 3 rings (SSSR count). The van der Waals surface area contributed by atoms with Crippen LogP contribution >= 0.6 is 11.3 Å². The average molecular weight is 404 g/mol. The fraction of sp³-hybridized carbons (Fsp3) is 0.474. The van der Waals surface area contributed by atoms with Gasteiger partial charge in [0.25, 0.3) is 0 Å². The van der Waals surface area contributed by atoms with Gasteiger partial charge in [0.1, 0.15) is 10.8 Å². The number of rotatable bonds is 8. The summed E-state index contributed by atoms with van der Waals surface area (Å²) >= 11 is 1.34. The fourth-order valence-corrected chi connectivity index (χ4v) is 3.94. The molecule has 0 radical (unpaired) electrons. The van der Waals surface area contributed by atoms with Crippen molar-refractivity contribution in [1.82, 2.24) is 15.1 Å². The van der Waals surface area contributed by atoms with E-state index in [4.69, 9.17) is 9.47 Å². The third-order valence-electron chi connectivity index (χ3n) is 4.68. The second kappa shape index (κ2) is 9.11. The van der Waals surface area contributed by atoms with Crippen molar-refractivity contribution in [1.29, 1.82) is 0 Å². The Balaban J connectivity index is 1.55. The molecule has 0 bridgehead atoms. The molecule has 1 aliphatic heterocycles. The molecule has 1 saturated heterocycles. The van der Waals surface area contributed by atoms with E-state index < -0.39 is 0 Å². The SMILES string of the molecule is COC[C@H](C)N1C[C@H](C(=O)Nc2nnc(Cc3ccc(OC)cc3)s2)CC1=O. The normalized spacial score (nSPS) is 17.6. The number of hydrogen-bond acceptors (Lipinski definition) is 7. The molecule has 1 aliphatic rings. The smallest absolute Gasteiger partial charge is 0.231 e. The number of nitrogens with zero attached hydrogens (tertiary/aromatic N) is 3. The predicted octanol–water partition coefficient (Wildman–Crippen LogP) is 1.96. The van der Waals surface area contributed by atoms with Gasteiger partial charge in [0.15, 0.2) is 0 Å². The molecule has 2 amide bonds. The van der Waals surface area contributed by atoms with Crippen molar-refractivity contribution in [3.05, 3.63) is 34.8 Å². The van der Waals surface area contributed by atoms with Gasteiger partial charge in [-0.15, -0.1) is 10.2 Å². The van der Waals surface area contributed by atoms with Crippen LogP contribution in [0.25, 0.3) is 0 Å². The number of likely N-dealkylation sites (tertiary alicyclic amines) is 1. The molecular weight excluding hydrogens is 380 g/mol. The van der Waals surface area contributed by atoms with Crippen LogP contribution in [0.3, 0.4) is 0 Å². The summed E-state index contributed by atoms with van der Waals surface area (Å²) in [5.41, 5.74) is 1.08. The highest BCUT2D eigenvalue weighted by Crippen LogP contribution is 2.24. The van der Waals surface area contributed by atoms with Gasteiger partial charge in [0, 0.05) is 26.5 Å². The predicted molar refractivity (Wildman–Crippen MR) is 105 cm³/mol. The Morgan fingerprint density at radius 2 is 2.07 bits per heavy atom. The van der Waals surface area contributed by atoms with E-state index in [-0.39, 0.29) is 30.2 Å². The molecule has 2 atom stereocenters. The minimum Gasteiger partial charge on any atom is -0.497 e. The van der Waals surface area contributed by atoms with E-state index in [0.29, 0.717) is 24.7 Å². The van der Waals surface area contributed by atoms with E-state index >= 15 is 0 Å². The number of hydrogen-bond donors (Lipinski definition) is 1. The number of benzene rings is 1. The van der Waals surface area contributed by atoms with E-state index in [2.05, 4.69) is 15.5 Å². The van der Waals surface area contributed by atoms with Crippen molar-refractivity contribution >= 4 is 28.3 Å². The number of aromatic nitrogens is 2. The van der Waals surface area contributed by atoms with Crippen LogP contribution < -0.4 is 10.1 Å². The Hall–Kier alpha value is -2.52. The molecule has 0 unspecified atom stereocenters. The molecule has 0 aliphatic carbocycles. The Bertz CT molecular complexity index is 824. The Morgan fingerprint density at radius 3 is 2.75 bits per heavy atom. The molecule has 2 heterocycles. The summed E-state index contributed by atoms with van der Waals surface area (Å²) < 4.78 is 10.3. The first-order chi connectivity index (χ1) is 13.5. The van der Waals surface area contributed by atoms with Crippen molar-refractivity contribution < 1.29 is 19.1 Å². The zero-order valence-corrected chi connectivity index (χ0v) is 17.0. The van der Waals surface area contributed by atoms with Crippen LogP contribution in [-0.4, -0.2) is 60.3 Å². The highest BCUT2D eigenvalue weighted by molar-refractivity contribution is 7.15. The number of methoxy groups -OCH3 is 2. The maximum Gasteiger partial charge on any atom is 0.231 e. The molecule has 1 N–H and O–H groups in total. The van der Waals surface area contributed by atoms with E-state index in [1.165, 1.54) is 11.3 Å². The maximum absolute atomic E-state index is 12.5. The first-order valence-electron chi connectivity index (χ1n) is 9.04. The second-order valence-electron chi connectivity index (χ2n) is 6.77. The topological polar surface area (TPSA) is 93.7 Å². The molecule has 2 aromatic rings. The molecule has 1 aromatic heterocycles. The van der Waals surface area contributed by atoms with Crippen molar-refractivity contribution in [2.45, 2.75) is 25.8 Å². The molecule has 0 saturated carbocycles. The fourth-order valence-electron chi connectivity index (χ4n) is 3.17. The van der Waals surface area contributed by atoms with Crippen molar-refractivity contribution in [2.75, 3.05) is 32.7 Å². The van der Waals surface area contributed by atoms with E-state index in [0.717, 1.165) is 16.3 Å². The monoisotopic (exact) mass is 404 g/mol. The van der Waals surface area contributed by atoms with Gasteiger partial charge < -0.3 is 19.7 Å². The van der Waals surface area contributed by atoms with Gasteiger partial charge in [-0.25, -0.2) is 0 Å². The summed E-state index contributed by atoms with van der Waals surface area (Å²) in [5.74, 6) is 0.185. The Morgan fingerprint density at radius 1 is 1.32 bits per heavy atom. The molecule has 8 nitrogen and oxygen atoms in total. The lowest BCUT2D eigenvalue weighted by atomic mass is 10.1. The third kappa shape index (κ3) is 4.85. The minimum absolute atomic E-state index is 0.0258. The summed E-state index contributed by atoms with van der Waals surface area (Å²) in [4.78, 5) is 26.4. The number of ether oxygens (including phenoxy) is 2. The molecule has 28 heavy (non-hydrogen) atoms. The van der Waals surface area contributed by atoms with Crippen LogP contribution in [0.1, 0.15) is 23.9 Å². The Kier molecular flexibility index (Phi) is 6.58. The van der Waals surface area contributed by atoms with Crippen molar-refractivity contribution in [3.8, 4) is 5.75 Å². The van der Waals surface area contributed by atoms with Crippen LogP contribution in [0, 0.1) is 5.92 Å². The van der Waals surface area contributed by atoms with Crippen molar-refractivity contribution in [3.63, 3.8) is 0 Å². The number of amides is 2. The van der Waals surface area contributed by atoms with Gasteiger partial charge in [-0.2, -0.15) is 0 Å². The molecule has 150 valence electrons. The molecule has 9 heteroatoms. The van der Waals surface area contributed by atoms with Gasteiger partial charge in [0.05, 0.1) is 25.7 Å². The molecule has 0 spiro atoms. The second-order valence-corrected chi connectivity index (χ2v) is 7.83. The van der Waals surface area contributed by atoms with Crippen LogP contribution in [0.15, 0.2) is 24.3 Å². The zero-order chi connectivity index (χ0) is 20.1. The van der Waals surface area contributed by atoms with Gasteiger partial charge in [-0.3, -0.25) is 9.59 Å². The summed E-state index contributed by atoms with van der Waals surface area (Å²) in [6, 6.07) is 7.68. The Labute approximate surface area is 167 Å². The van der Waals surface area contributed by atoms with Crippen molar-refractivity contribution in [2.24, 2.45) is 5.92 Å². The van der Waals surface area contributed by atoms with E-state index in [1.807, 2.05) is 31.2 Å². The number of carbonyl (C=O) groups is 2. The van der Waals surface area contributed by atoms with Crippen LogP contribution in [-0.2, 0) is 20.7 Å². The zero-order valence-electron chi connectivity index (χ0n) is 16.2. The summed E-state index contributed by atoms with van der Waals surface area (Å²) in [6.07, 6.45) is 0.832. The first kappa shape index (κ1) is 20.2. The lowest BCUT2D eigenvalue weighted by Gasteiger charge is -2.23. The quantitative estimate of drug-likeness (QED) is 0.723. The van der Waals surface area contributed by atoms with E-state index in [9.17, 15) is 9.59 Å². The number of nitrogens with one attached hydrogen (secondary N) is 1. The summed E-state index contributed by atoms with van der Waals surface area (Å²) in [7, 11) is 3.23. The largest absolute Gasteiger partial charge is 0.497 e.